The first-order valence-corrected chi connectivity index (χ1v) is 9.31. The van der Waals surface area contributed by atoms with Gasteiger partial charge in [0.05, 0.1) is 0 Å². The standard InChI is InChI=1S/C22H27N3O3/c1-14(2)12-19(25-21(27)18-11-6-5-8-15(18)3)22(28)24-17-10-7-9-16(13-17)20(26)23-4/h5-11,13-14,19H,12H2,1-4H3,(H,23,26)(H,24,28)(H,25,27). The molecule has 0 heterocycles. The van der Waals surface area contributed by atoms with Crippen LogP contribution in [-0.4, -0.2) is 30.8 Å². The third-order valence-electron chi connectivity index (χ3n) is 4.34. The Morgan fingerprint density at radius 1 is 0.964 bits per heavy atom. The smallest absolute Gasteiger partial charge is 0.252 e. The molecule has 1 unspecified atom stereocenters. The Balaban J connectivity index is 2.16. The summed E-state index contributed by atoms with van der Waals surface area (Å²) in [6.07, 6.45) is 0.499. The molecular weight excluding hydrogens is 354 g/mol. The first-order valence-electron chi connectivity index (χ1n) is 9.31. The zero-order valence-electron chi connectivity index (χ0n) is 16.7. The summed E-state index contributed by atoms with van der Waals surface area (Å²) in [5.74, 6) is -0.615. The van der Waals surface area contributed by atoms with Crippen LogP contribution in [0, 0.1) is 12.8 Å². The van der Waals surface area contributed by atoms with E-state index in [1.54, 1.807) is 43.4 Å². The molecule has 0 radical (unpaired) electrons. The van der Waals surface area contributed by atoms with E-state index in [0.717, 1.165) is 5.56 Å². The second-order valence-electron chi connectivity index (χ2n) is 7.12. The summed E-state index contributed by atoms with van der Waals surface area (Å²) in [7, 11) is 1.55. The van der Waals surface area contributed by atoms with Crippen LogP contribution in [0.15, 0.2) is 48.5 Å². The van der Waals surface area contributed by atoms with Gasteiger partial charge in [-0.1, -0.05) is 38.1 Å². The predicted molar refractivity (Wildman–Crippen MR) is 110 cm³/mol. The Morgan fingerprint density at radius 3 is 2.32 bits per heavy atom. The largest absolute Gasteiger partial charge is 0.355 e. The highest BCUT2D eigenvalue weighted by molar-refractivity contribution is 6.02. The molecule has 0 saturated carbocycles. The fraction of sp³-hybridized carbons (Fsp3) is 0.318. The molecule has 0 aliphatic heterocycles. The third kappa shape index (κ3) is 5.67. The topological polar surface area (TPSA) is 87.3 Å². The van der Waals surface area contributed by atoms with Crippen LogP contribution < -0.4 is 16.0 Å². The maximum Gasteiger partial charge on any atom is 0.252 e. The van der Waals surface area contributed by atoms with E-state index < -0.39 is 6.04 Å². The lowest BCUT2D eigenvalue weighted by molar-refractivity contribution is -0.118. The summed E-state index contributed by atoms with van der Waals surface area (Å²) in [6, 6.07) is 13.2. The highest BCUT2D eigenvalue weighted by atomic mass is 16.2. The van der Waals surface area contributed by atoms with Crippen molar-refractivity contribution in [2.45, 2.75) is 33.2 Å². The Morgan fingerprint density at radius 2 is 1.68 bits per heavy atom. The van der Waals surface area contributed by atoms with Crippen molar-refractivity contribution in [3.05, 3.63) is 65.2 Å². The number of carbonyl (C=O) groups excluding carboxylic acids is 3. The maximum atomic E-state index is 12.8. The number of hydrogen-bond acceptors (Lipinski definition) is 3. The summed E-state index contributed by atoms with van der Waals surface area (Å²) >= 11 is 0. The quantitative estimate of drug-likeness (QED) is 0.689. The number of nitrogens with one attached hydrogen (secondary N) is 3. The van der Waals surface area contributed by atoms with Gasteiger partial charge in [0.1, 0.15) is 6.04 Å². The van der Waals surface area contributed by atoms with E-state index in [-0.39, 0.29) is 23.6 Å². The number of amides is 3. The molecule has 0 bridgehead atoms. The van der Waals surface area contributed by atoms with E-state index in [1.807, 2.05) is 32.9 Å². The molecule has 0 aliphatic rings. The van der Waals surface area contributed by atoms with Gasteiger partial charge in [-0.25, -0.2) is 0 Å². The Labute approximate surface area is 165 Å². The van der Waals surface area contributed by atoms with Crippen molar-refractivity contribution in [3.8, 4) is 0 Å². The van der Waals surface area contributed by atoms with Crippen molar-refractivity contribution in [2.24, 2.45) is 5.92 Å². The lowest BCUT2D eigenvalue weighted by atomic mass is 10.0. The van der Waals surface area contributed by atoms with E-state index in [1.165, 1.54) is 0 Å². The van der Waals surface area contributed by atoms with Crippen LogP contribution in [0.3, 0.4) is 0 Å². The Kier molecular flexibility index (Phi) is 7.32. The summed E-state index contributed by atoms with van der Waals surface area (Å²) in [5.41, 5.74) is 2.35. The van der Waals surface area contributed by atoms with E-state index >= 15 is 0 Å². The van der Waals surface area contributed by atoms with E-state index in [4.69, 9.17) is 0 Å². The first-order chi connectivity index (χ1) is 13.3. The number of hydrogen-bond donors (Lipinski definition) is 3. The lowest BCUT2D eigenvalue weighted by Crippen LogP contribution is -2.44. The summed E-state index contributed by atoms with van der Waals surface area (Å²) < 4.78 is 0. The van der Waals surface area contributed by atoms with Crippen molar-refractivity contribution in [2.75, 3.05) is 12.4 Å². The average molecular weight is 381 g/mol. The van der Waals surface area contributed by atoms with Gasteiger partial charge in [0.25, 0.3) is 11.8 Å². The Hall–Kier alpha value is -3.15. The summed E-state index contributed by atoms with van der Waals surface area (Å²) in [6.45, 7) is 5.84. The number of aryl methyl sites for hydroxylation is 1. The molecule has 1 atom stereocenters. The molecule has 0 saturated heterocycles. The molecule has 3 amide bonds. The maximum absolute atomic E-state index is 12.8. The van der Waals surface area contributed by atoms with Gasteiger partial charge in [-0.05, 0) is 49.1 Å². The van der Waals surface area contributed by atoms with Gasteiger partial charge >= 0.3 is 0 Å². The zero-order chi connectivity index (χ0) is 20.7. The van der Waals surface area contributed by atoms with Gasteiger partial charge in [-0.15, -0.1) is 0 Å². The summed E-state index contributed by atoms with van der Waals surface area (Å²) in [5, 5.41) is 8.20. The van der Waals surface area contributed by atoms with Crippen LogP contribution in [0.4, 0.5) is 5.69 Å². The molecule has 2 aromatic rings. The number of anilines is 1. The second kappa shape index (κ2) is 9.69. The predicted octanol–water partition coefficient (Wildman–Crippen LogP) is 3.14. The molecule has 0 aliphatic carbocycles. The van der Waals surface area contributed by atoms with Gasteiger partial charge in [0.2, 0.25) is 5.91 Å². The number of carbonyl (C=O) groups is 3. The van der Waals surface area contributed by atoms with Crippen LogP contribution in [0.5, 0.6) is 0 Å². The molecule has 0 fully saturated rings. The van der Waals surface area contributed by atoms with E-state index in [2.05, 4.69) is 16.0 Å². The second-order valence-corrected chi connectivity index (χ2v) is 7.12. The first kappa shape index (κ1) is 21.2. The molecule has 6 nitrogen and oxygen atoms in total. The minimum Gasteiger partial charge on any atom is -0.355 e. The van der Waals surface area contributed by atoms with Crippen LogP contribution in [0.25, 0.3) is 0 Å². The van der Waals surface area contributed by atoms with Gasteiger partial charge in [0, 0.05) is 23.9 Å². The molecule has 148 valence electrons. The fourth-order valence-electron chi connectivity index (χ4n) is 2.88. The highest BCUT2D eigenvalue weighted by Crippen LogP contribution is 2.14. The molecule has 6 heteroatoms. The van der Waals surface area contributed by atoms with Crippen LogP contribution in [0.2, 0.25) is 0 Å². The monoisotopic (exact) mass is 381 g/mol. The van der Waals surface area contributed by atoms with Crippen LogP contribution in [0.1, 0.15) is 46.5 Å². The normalized spacial score (nSPS) is 11.6. The van der Waals surface area contributed by atoms with Crippen molar-refractivity contribution in [1.29, 1.82) is 0 Å². The van der Waals surface area contributed by atoms with Crippen LogP contribution in [-0.2, 0) is 4.79 Å². The molecule has 3 N–H and O–H groups in total. The fourth-order valence-corrected chi connectivity index (χ4v) is 2.88. The molecule has 2 aromatic carbocycles. The molecule has 28 heavy (non-hydrogen) atoms. The lowest BCUT2D eigenvalue weighted by Gasteiger charge is -2.21. The van der Waals surface area contributed by atoms with E-state index in [0.29, 0.717) is 23.2 Å². The number of rotatable bonds is 7. The molecule has 0 spiro atoms. The molecule has 2 rings (SSSR count). The SMILES string of the molecule is CNC(=O)c1cccc(NC(=O)C(CC(C)C)NC(=O)c2ccccc2C)c1. The third-order valence-corrected chi connectivity index (χ3v) is 4.34. The van der Waals surface area contributed by atoms with Crippen LogP contribution >= 0.6 is 0 Å². The molecule has 0 aromatic heterocycles. The average Bonchev–Trinajstić information content (AvgIpc) is 2.66. The number of benzene rings is 2. The van der Waals surface area contributed by atoms with Gasteiger partial charge in [0.15, 0.2) is 0 Å². The molecular formula is C22H27N3O3. The van der Waals surface area contributed by atoms with Crippen molar-refractivity contribution >= 4 is 23.4 Å². The van der Waals surface area contributed by atoms with Gasteiger partial charge in [-0.3, -0.25) is 14.4 Å². The van der Waals surface area contributed by atoms with Gasteiger partial charge in [-0.2, -0.15) is 0 Å². The van der Waals surface area contributed by atoms with Crippen molar-refractivity contribution in [3.63, 3.8) is 0 Å². The summed E-state index contributed by atoms with van der Waals surface area (Å²) in [4.78, 5) is 37.3. The van der Waals surface area contributed by atoms with Gasteiger partial charge < -0.3 is 16.0 Å². The van der Waals surface area contributed by atoms with Crippen molar-refractivity contribution in [1.82, 2.24) is 10.6 Å². The highest BCUT2D eigenvalue weighted by Gasteiger charge is 2.23. The Bertz CT molecular complexity index is 862. The van der Waals surface area contributed by atoms with E-state index in [9.17, 15) is 14.4 Å². The minimum absolute atomic E-state index is 0.213. The zero-order valence-corrected chi connectivity index (χ0v) is 16.7. The van der Waals surface area contributed by atoms with Crippen molar-refractivity contribution < 1.29 is 14.4 Å². The minimum atomic E-state index is -0.684.